The summed E-state index contributed by atoms with van der Waals surface area (Å²) in [5, 5.41) is 6.97. The molecule has 0 aromatic carbocycles. The van der Waals surface area contributed by atoms with Crippen molar-refractivity contribution in [2.24, 2.45) is 5.41 Å². The van der Waals surface area contributed by atoms with Crippen molar-refractivity contribution >= 4 is 28.3 Å². The highest BCUT2D eigenvalue weighted by Gasteiger charge is 2.50. The van der Waals surface area contributed by atoms with Gasteiger partial charge in [0.1, 0.15) is 12.6 Å². The minimum absolute atomic E-state index is 0.0220. The van der Waals surface area contributed by atoms with Crippen LogP contribution in [0.5, 0.6) is 0 Å². The standard InChI is InChI=1S/C20H34N4O9S/c1-20(2,18(26)31-11-10-30-3)13-32-34(28,29)33-24-15-4-5-16(23(12-15)19(24)27)17(25)22-14-6-8-21-9-7-14/h14-16,21H,4-13H2,1-3H3,(H,22,25)/t15-,16-/m1/s1. The monoisotopic (exact) mass is 506 g/mol. The fourth-order valence-electron chi connectivity index (χ4n) is 4.08. The van der Waals surface area contributed by atoms with Gasteiger partial charge in [-0.2, -0.15) is 13.5 Å². The summed E-state index contributed by atoms with van der Waals surface area (Å²) in [6.07, 6.45) is 2.43. The zero-order valence-corrected chi connectivity index (χ0v) is 20.6. The second-order valence-corrected chi connectivity index (χ2v) is 10.5. The van der Waals surface area contributed by atoms with E-state index in [1.54, 1.807) is 0 Å². The van der Waals surface area contributed by atoms with Gasteiger partial charge in [0.25, 0.3) is 0 Å². The van der Waals surface area contributed by atoms with Crippen LogP contribution in [0.15, 0.2) is 0 Å². The predicted octanol–water partition coefficient (Wildman–Crippen LogP) is -0.468. The van der Waals surface area contributed by atoms with Crippen LogP contribution in [0.2, 0.25) is 0 Å². The first-order valence-corrected chi connectivity index (χ1v) is 12.7. The molecule has 13 nitrogen and oxygen atoms in total. The molecule has 0 radical (unpaired) electrons. The average molecular weight is 507 g/mol. The Bertz CT molecular complexity index is 860. The smallest absolute Gasteiger partial charge is 0.421 e. The Balaban J connectivity index is 1.54. The van der Waals surface area contributed by atoms with Gasteiger partial charge in [0.05, 0.1) is 24.7 Å². The Hall–Kier alpha value is -2.00. The molecule has 3 aliphatic heterocycles. The molecule has 3 fully saturated rings. The number of hydroxylamine groups is 2. The number of carbonyl (C=O) groups excluding carboxylic acids is 3. The van der Waals surface area contributed by atoms with Crippen LogP contribution in [0.4, 0.5) is 4.79 Å². The summed E-state index contributed by atoms with van der Waals surface area (Å²) in [6, 6.07) is -1.87. The molecule has 0 aliphatic carbocycles. The predicted molar refractivity (Wildman–Crippen MR) is 117 cm³/mol. The topological polar surface area (TPSA) is 153 Å². The summed E-state index contributed by atoms with van der Waals surface area (Å²) in [4.78, 5) is 39.1. The molecule has 194 valence electrons. The van der Waals surface area contributed by atoms with Crippen LogP contribution >= 0.6 is 0 Å². The van der Waals surface area contributed by atoms with Crippen LogP contribution in [0.25, 0.3) is 0 Å². The molecular weight excluding hydrogens is 472 g/mol. The molecule has 2 N–H and O–H groups in total. The van der Waals surface area contributed by atoms with E-state index in [4.69, 9.17) is 17.9 Å². The molecule has 3 amide bonds. The van der Waals surface area contributed by atoms with Crippen molar-refractivity contribution in [3.8, 4) is 0 Å². The van der Waals surface area contributed by atoms with Crippen molar-refractivity contribution < 1.29 is 40.7 Å². The first-order valence-electron chi connectivity index (χ1n) is 11.4. The van der Waals surface area contributed by atoms with Gasteiger partial charge in [0.2, 0.25) is 5.91 Å². The Morgan fingerprint density at radius 2 is 1.85 bits per heavy atom. The molecule has 34 heavy (non-hydrogen) atoms. The van der Waals surface area contributed by atoms with Gasteiger partial charge in [-0.1, -0.05) is 0 Å². The summed E-state index contributed by atoms with van der Waals surface area (Å²) >= 11 is 0. The Morgan fingerprint density at radius 3 is 2.53 bits per heavy atom. The number of nitrogens with zero attached hydrogens (tertiary/aromatic N) is 2. The minimum atomic E-state index is -4.65. The van der Waals surface area contributed by atoms with E-state index in [1.807, 2.05) is 0 Å². The summed E-state index contributed by atoms with van der Waals surface area (Å²) in [5.74, 6) is -0.907. The van der Waals surface area contributed by atoms with Crippen LogP contribution in [-0.2, 0) is 37.9 Å². The van der Waals surface area contributed by atoms with E-state index in [2.05, 4.69) is 10.6 Å². The molecular formula is C20H34N4O9S. The fourth-order valence-corrected chi connectivity index (χ4v) is 4.94. The number of urea groups is 1. The van der Waals surface area contributed by atoms with Crippen LogP contribution in [0.3, 0.4) is 0 Å². The summed E-state index contributed by atoms with van der Waals surface area (Å²) in [5.41, 5.74) is -1.28. The zero-order valence-electron chi connectivity index (χ0n) is 19.8. The van der Waals surface area contributed by atoms with Crippen molar-refractivity contribution in [2.75, 3.05) is 46.6 Å². The quantitative estimate of drug-likeness (QED) is 0.278. The SMILES string of the molecule is COCCOC(=O)C(C)(C)COS(=O)(=O)ON1C(=O)N2C[C@H]1CC[C@@H]2C(=O)NC1CCNCC1. The van der Waals surface area contributed by atoms with Crippen LogP contribution < -0.4 is 10.6 Å². The number of rotatable bonds is 11. The lowest BCUT2D eigenvalue weighted by Gasteiger charge is -2.32. The molecule has 0 spiro atoms. The van der Waals surface area contributed by atoms with Crippen molar-refractivity contribution in [3.63, 3.8) is 0 Å². The number of esters is 1. The second kappa shape index (κ2) is 11.2. The maximum Gasteiger partial charge on any atom is 0.421 e. The lowest BCUT2D eigenvalue weighted by atomic mass is 9.95. The van der Waals surface area contributed by atoms with E-state index in [-0.39, 0.29) is 31.7 Å². The number of hydrogen-bond donors (Lipinski definition) is 2. The van der Waals surface area contributed by atoms with E-state index < -0.39 is 46.5 Å². The first kappa shape index (κ1) is 26.6. The molecule has 0 unspecified atom stereocenters. The third-order valence-corrected chi connectivity index (χ3v) is 6.87. The molecule has 0 aromatic heterocycles. The number of carbonyl (C=O) groups is 3. The molecule has 0 aromatic rings. The van der Waals surface area contributed by atoms with Crippen molar-refractivity contribution in [1.82, 2.24) is 20.6 Å². The lowest BCUT2D eigenvalue weighted by molar-refractivity contribution is -0.157. The Kier molecular flexibility index (Phi) is 8.73. The highest BCUT2D eigenvalue weighted by Crippen LogP contribution is 2.31. The molecule has 3 aliphatic rings. The van der Waals surface area contributed by atoms with Gasteiger partial charge in [-0.15, -0.1) is 4.28 Å². The van der Waals surface area contributed by atoms with E-state index in [9.17, 15) is 22.8 Å². The molecule has 3 rings (SSSR count). The molecule has 3 heterocycles. The molecule has 2 atom stereocenters. The van der Waals surface area contributed by atoms with Gasteiger partial charge in [-0.3, -0.25) is 9.59 Å². The number of fused-ring (bicyclic) bond motifs is 2. The van der Waals surface area contributed by atoms with Crippen LogP contribution in [0, 0.1) is 5.41 Å². The minimum Gasteiger partial charge on any atom is -0.463 e. The average Bonchev–Trinajstić information content (AvgIpc) is 3.03. The number of ether oxygens (including phenoxy) is 2. The van der Waals surface area contributed by atoms with Gasteiger partial charge in [-0.25, -0.2) is 8.98 Å². The van der Waals surface area contributed by atoms with E-state index in [0.717, 1.165) is 31.0 Å². The summed E-state index contributed by atoms with van der Waals surface area (Å²) < 4.78 is 44.5. The van der Waals surface area contributed by atoms with E-state index >= 15 is 0 Å². The largest absolute Gasteiger partial charge is 0.463 e. The summed E-state index contributed by atoms with van der Waals surface area (Å²) in [7, 11) is -3.19. The molecule has 2 bridgehead atoms. The van der Waals surface area contributed by atoms with E-state index in [0.29, 0.717) is 12.8 Å². The highest BCUT2D eigenvalue weighted by atomic mass is 32.3. The van der Waals surface area contributed by atoms with Gasteiger partial charge in [0, 0.05) is 19.7 Å². The van der Waals surface area contributed by atoms with E-state index in [1.165, 1.54) is 25.9 Å². The normalized spacial score (nSPS) is 23.8. The second-order valence-electron chi connectivity index (χ2n) is 9.30. The number of hydrogen-bond acceptors (Lipinski definition) is 10. The number of methoxy groups -OCH3 is 1. The molecule has 14 heteroatoms. The molecule has 3 saturated heterocycles. The fraction of sp³-hybridized carbons (Fsp3) is 0.850. The van der Waals surface area contributed by atoms with Crippen molar-refractivity contribution in [3.05, 3.63) is 0 Å². The van der Waals surface area contributed by atoms with Crippen molar-refractivity contribution in [2.45, 2.75) is 57.7 Å². The highest BCUT2D eigenvalue weighted by molar-refractivity contribution is 7.81. The lowest BCUT2D eigenvalue weighted by Crippen LogP contribution is -2.53. The first-order chi connectivity index (χ1) is 16.0. The zero-order chi connectivity index (χ0) is 24.9. The Labute approximate surface area is 199 Å². The third kappa shape index (κ3) is 6.56. The van der Waals surface area contributed by atoms with Gasteiger partial charge < -0.3 is 25.0 Å². The Morgan fingerprint density at radius 1 is 1.15 bits per heavy atom. The number of nitrogens with one attached hydrogen (secondary N) is 2. The van der Waals surface area contributed by atoms with Gasteiger partial charge in [-0.05, 0) is 52.6 Å². The third-order valence-electron chi connectivity index (χ3n) is 6.12. The van der Waals surface area contributed by atoms with Gasteiger partial charge >= 0.3 is 22.4 Å². The molecule has 0 saturated carbocycles. The van der Waals surface area contributed by atoms with Gasteiger partial charge in [0.15, 0.2) is 0 Å². The maximum absolute atomic E-state index is 12.9. The van der Waals surface area contributed by atoms with Crippen molar-refractivity contribution in [1.29, 1.82) is 0 Å². The number of piperidine rings is 2. The maximum atomic E-state index is 12.9. The van der Waals surface area contributed by atoms with Crippen LogP contribution in [0.1, 0.15) is 39.5 Å². The summed E-state index contributed by atoms with van der Waals surface area (Å²) in [6.45, 7) is 4.42. The van der Waals surface area contributed by atoms with Crippen LogP contribution in [-0.4, -0.2) is 101 Å². The number of amides is 3.